The number of aromatic nitrogens is 2. The Hall–Kier alpha value is -3.06. The summed E-state index contributed by atoms with van der Waals surface area (Å²) in [7, 11) is 0. The number of nitrogens with zero attached hydrogens (tertiary/aromatic N) is 2. The molecule has 0 radical (unpaired) electrons. The molecule has 0 aliphatic rings. The number of unbranched alkanes of at least 4 members (excludes halogenated alkanes) is 3. The number of aryl methyl sites for hydroxylation is 1. The van der Waals surface area contributed by atoms with Gasteiger partial charge in [0, 0.05) is 36.4 Å². The van der Waals surface area contributed by atoms with Crippen LogP contribution in [0.5, 0.6) is 0 Å². The predicted molar refractivity (Wildman–Crippen MR) is 102 cm³/mol. The first kappa shape index (κ1) is 19.7. The Kier molecular flexibility index (Phi) is 6.86. The Bertz CT molecular complexity index is 912. The summed E-state index contributed by atoms with van der Waals surface area (Å²) in [6, 6.07) is 9.98. The molecule has 1 amide bonds. The van der Waals surface area contributed by atoms with Crippen molar-refractivity contribution < 1.29 is 18.8 Å². The van der Waals surface area contributed by atoms with Gasteiger partial charge in [-0.25, -0.2) is 14.9 Å². The van der Waals surface area contributed by atoms with Gasteiger partial charge in [0.1, 0.15) is 11.5 Å². The van der Waals surface area contributed by atoms with E-state index in [9.17, 15) is 9.18 Å². The number of carbonyl (C=O) groups is 1. The zero-order valence-electron chi connectivity index (χ0n) is 15.4. The summed E-state index contributed by atoms with van der Waals surface area (Å²) in [5.41, 5.74) is 3.67. The first-order valence-electron chi connectivity index (χ1n) is 9.26. The van der Waals surface area contributed by atoms with Crippen molar-refractivity contribution in [1.29, 1.82) is 0 Å². The smallest absolute Gasteiger partial charge is 0.243 e. The number of benzene rings is 1. The summed E-state index contributed by atoms with van der Waals surface area (Å²) in [6.07, 6.45) is 7.70. The molecule has 0 bridgehead atoms. The zero-order chi connectivity index (χ0) is 19.8. The minimum Gasteiger partial charge on any atom is -0.440 e. The number of rotatable bonds is 9. The molecule has 0 saturated carbocycles. The molecule has 7 heteroatoms. The van der Waals surface area contributed by atoms with Crippen molar-refractivity contribution in [2.75, 3.05) is 0 Å². The van der Waals surface area contributed by atoms with Crippen molar-refractivity contribution in [3.05, 3.63) is 60.5 Å². The second-order valence-electron chi connectivity index (χ2n) is 6.49. The highest BCUT2D eigenvalue weighted by Gasteiger charge is 2.17. The molecule has 1 aromatic carbocycles. The van der Waals surface area contributed by atoms with Gasteiger partial charge < -0.3 is 4.42 Å². The summed E-state index contributed by atoms with van der Waals surface area (Å²) in [5, 5.41) is 8.47. The van der Waals surface area contributed by atoms with E-state index in [0.717, 1.165) is 24.8 Å². The van der Waals surface area contributed by atoms with Crippen molar-refractivity contribution >= 4 is 5.91 Å². The summed E-state index contributed by atoms with van der Waals surface area (Å²) in [6.45, 7) is 0. The fourth-order valence-electron chi connectivity index (χ4n) is 2.97. The lowest BCUT2D eigenvalue weighted by Crippen LogP contribution is -2.17. The Morgan fingerprint density at radius 3 is 2.68 bits per heavy atom. The maximum atomic E-state index is 13.7. The molecule has 28 heavy (non-hydrogen) atoms. The first-order chi connectivity index (χ1) is 13.7. The van der Waals surface area contributed by atoms with E-state index in [0.29, 0.717) is 42.2 Å². The van der Waals surface area contributed by atoms with Gasteiger partial charge in [0.25, 0.3) is 0 Å². The molecule has 2 aromatic heterocycles. The van der Waals surface area contributed by atoms with E-state index in [1.54, 1.807) is 30.0 Å². The van der Waals surface area contributed by atoms with Crippen LogP contribution in [0.25, 0.3) is 22.6 Å². The van der Waals surface area contributed by atoms with Crippen molar-refractivity contribution in [2.45, 2.75) is 38.5 Å². The molecule has 3 aromatic rings. The number of halogens is 1. The van der Waals surface area contributed by atoms with E-state index in [2.05, 4.69) is 9.97 Å². The second-order valence-corrected chi connectivity index (χ2v) is 6.49. The summed E-state index contributed by atoms with van der Waals surface area (Å²) >= 11 is 0. The predicted octanol–water partition coefficient (Wildman–Crippen LogP) is 4.54. The first-order valence-corrected chi connectivity index (χ1v) is 9.26. The molecule has 0 fully saturated rings. The van der Waals surface area contributed by atoms with E-state index in [1.165, 1.54) is 12.1 Å². The highest BCUT2D eigenvalue weighted by molar-refractivity contribution is 5.76. The molecule has 0 aliphatic carbocycles. The average molecular weight is 383 g/mol. The number of hydrogen-bond donors (Lipinski definition) is 2. The Morgan fingerprint density at radius 2 is 1.93 bits per heavy atom. The third kappa shape index (κ3) is 5.23. The van der Waals surface area contributed by atoms with Gasteiger partial charge in [0.05, 0.1) is 0 Å². The minimum atomic E-state index is -0.367. The Labute approximate surface area is 162 Å². The van der Waals surface area contributed by atoms with Gasteiger partial charge in [0.15, 0.2) is 11.7 Å². The van der Waals surface area contributed by atoms with Crippen LogP contribution in [0.3, 0.4) is 0 Å². The van der Waals surface area contributed by atoms with E-state index >= 15 is 0 Å². The molecular formula is C21H22FN3O3. The van der Waals surface area contributed by atoms with Crippen LogP contribution in [0, 0.1) is 5.82 Å². The van der Waals surface area contributed by atoms with Crippen LogP contribution in [0.2, 0.25) is 0 Å². The van der Waals surface area contributed by atoms with Crippen LogP contribution in [0.1, 0.15) is 38.0 Å². The van der Waals surface area contributed by atoms with Crippen molar-refractivity contribution in [1.82, 2.24) is 15.4 Å². The average Bonchev–Trinajstić information content (AvgIpc) is 3.15. The van der Waals surface area contributed by atoms with Gasteiger partial charge in [-0.2, -0.15) is 0 Å². The molecule has 2 N–H and O–H groups in total. The van der Waals surface area contributed by atoms with Crippen LogP contribution in [-0.4, -0.2) is 21.1 Å². The number of nitrogens with one attached hydrogen (secondary N) is 1. The highest BCUT2D eigenvalue weighted by Crippen LogP contribution is 2.33. The van der Waals surface area contributed by atoms with Crippen LogP contribution < -0.4 is 5.48 Å². The summed E-state index contributed by atoms with van der Waals surface area (Å²) < 4.78 is 19.7. The van der Waals surface area contributed by atoms with Gasteiger partial charge in [-0.15, -0.1) is 0 Å². The largest absolute Gasteiger partial charge is 0.440 e. The lowest BCUT2D eigenvalue weighted by atomic mass is 10.1. The third-order valence-corrected chi connectivity index (χ3v) is 4.36. The molecule has 0 unspecified atom stereocenters. The fraction of sp³-hybridized carbons (Fsp3) is 0.286. The van der Waals surface area contributed by atoms with Gasteiger partial charge in [-0.05, 0) is 37.1 Å². The summed E-state index contributed by atoms with van der Waals surface area (Å²) in [5.74, 6) is 0.471. The lowest BCUT2D eigenvalue weighted by Gasteiger charge is -2.01. The minimum absolute atomic E-state index is 0.310. The highest BCUT2D eigenvalue weighted by atomic mass is 19.1. The van der Waals surface area contributed by atoms with E-state index in [1.807, 2.05) is 12.1 Å². The van der Waals surface area contributed by atoms with E-state index in [-0.39, 0.29) is 11.7 Å². The molecule has 0 atom stereocenters. The van der Waals surface area contributed by atoms with Crippen LogP contribution in [0.15, 0.2) is 53.2 Å². The zero-order valence-corrected chi connectivity index (χ0v) is 15.4. The molecule has 0 saturated heterocycles. The quantitative estimate of drug-likeness (QED) is 0.322. The van der Waals surface area contributed by atoms with E-state index < -0.39 is 0 Å². The number of carbonyl (C=O) groups excluding carboxylic acids is 1. The number of hydrogen-bond acceptors (Lipinski definition) is 5. The van der Waals surface area contributed by atoms with Crippen LogP contribution in [0.4, 0.5) is 4.39 Å². The monoisotopic (exact) mass is 383 g/mol. The van der Waals surface area contributed by atoms with Gasteiger partial charge in [-0.1, -0.05) is 25.0 Å². The second kappa shape index (κ2) is 9.75. The van der Waals surface area contributed by atoms with Crippen molar-refractivity contribution in [3.63, 3.8) is 0 Å². The lowest BCUT2D eigenvalue weighted by molar-refractivity contribution is -0.129. The molecular weight excluding hydrogens is 361 g/mol. The molecule has 3 rings (SSSR count). The normalized spacial score (nSPS) is 10.8. The third-order valence-electron chi connectivity index (χ3n) is 4.36. The van der Waals surface area contributed by atoms with Crippen LogP contribution >= 0.6 is 0 Å². The molecule has 146 valence electrons. The standard InChI is InChI=1S/C21H22FN3O3/c22-17-9-5-7-15(13-17)20-21(16-8-6-12-23-14-16)28-19(24-20)11-4-2-1-3-10-18(26)25-27/h5-9,12-14,27H,1-4,10-11H2,(H,25,26). The van der Waals surface area contributed by atoms with Gasteiger partial charge in [0.2, 0.25) is 5.91 Å². The van der Waals surface area contributed by atoms with Crippen LogP contribution in [-0.2, 0) is 11.2 Å². The maximum absolute atomic E-state index is 13.7. The number of pyridine rings is 1. The number of oxazole rings is 1. The topological polar surface area (TPSA) is 88.2 Å². The fourth-order valence-corrected chi connectivity index (χ4v) is 2.97. The van der Waals surface area contributed by atoms with E-state index in [4.69, 9.17) is 9.62 Å². The van der Waals surface area contributed by atoms with Gasteiger partial charge in [-0.3, -0.25) is 15.0 Å². The Morgan fingerprint density at radius 1 is 1.11 bits per heavy atom. The SMILES string of the molecule is O=C(CCCCCCc1nc(-c2cccc(F)c2)c(-c2cccnc2)o1)NO. The molecule has 0 spiro atoms. The Balaban J connectivity index is 1.70. The molecule has 2 heterocycles. The summed E-state index contributed by atoms with van der Waals surface area (Å²) in [4.78, 5) is 19.7. The van der Waals surface area contributed by atoms with Gasteiger partial charge >= 0.3 is 0 Å². The molecule has 6 nitrogen and oxygen atoms in total. The van der Waals surface area contributed by atoms with Crippen molar-refractivity contribution in [2.24, 2.45) is 0 Å². The number of amides is 1. The number of hydroxylamine groups is 1. The maximum Gasteiger partial charge on any atom is 0.243 e. The van der Waals surface area contributed by atoms with Crippen molar-refractivity contribution in [3.8, 4) is 22.6 Å². The molecule has 0 aliphatic heterocycles.